The highest BCUT2D eigenvalue weighted by atomic mass is 16.5. The van der Waals surface area contributed by atoms with Crippen LogP contribution in [0.2, 0.25) is 0 Å². The van der Waals surface area contributed by atoms with Crippen molar-refractivity contribution in [3.05, 3.63) is 29.8 Å². The first kappa shape index (κ1) is 21.4. The van der Waals surface area contributed by atoms with Gasteiger partial charge >= 0.3 is 11.9 Å². The van der Waals surface area contributed by atoms with Gasteiger partial charge in [-0.05, 0) is 50.0 Å². The molecule has 1 amide bonds. The van der Waals surface area contributed by atoms with Gasteiger partial charge in [0.1, 0.15) is 5.75 Å². The molecule has 1 heterocycles. The number of benzene rings is 1. The van der Waals surface area contributed by atoms with E-state index in [4.69, 9.17) is 24.5 Å². The summed E-state index contributed by atoms with van der Waals surface area (Å²) in [5, 5.41) is 17.5. The Kier molecular flexibility index (Phi) is 9.78. The third kappa shape index (κ3) is 9.63. The Hall–Kier alpha value is -2.61. The van der Waals surface area contributed by atoms with Crippen molar-refractivity contribution in [3.63, 3.8) is 0 Å². The zero-order valence-corrected chi connectivity index (χ0v) is 14.9. The van der Waals surface area contributed by atoms with E-state index in [1.807, 2.05) is 6.07 Å². The van der Waals surface area contributed by atoms with Crippen molar-refractivity contribution < 1.29 is 29.3 Å². The third-order valence-corrected chi connectivity index (χ3v) is 3.65. The molecule has 0 radical (unpaired) electrons. The van der Waals surface area contributed by atoms with E-state index in [1.54, 1.807) is 0 Å². The summed E-state index contributed by atoms with van der Waals surface area (Å²) >= 11 is 0. The predicted octanol–water partition coefficient (Wildman–Crippen LogP) is 1.34. The van der Waals surface area contributed by atoms with Crippen LogP contribution in [0.4, 0.5) is 0 Å². The maximum Gasteiger partial charge on any atom is 0.414 e. The summed E-state index contributed by atoms with van der Waals surface area (Å²) in [4.78, 5) is 31.4. The molecule has 0 spiro atoms. The Morgan fingerprint density at radius 3 is 2.38 bits per heavy atom. The number of carboxylic acids is 2. The third-order valence-electron chi connectivity index (χ3n) is 3.65. The monoisotopic (exact) mass is 366 g/mol. The average molecular weight is 366 g/mol. The van der Waals surface area contributed by atoms with Crippen LogP contribution in [0.1, 0.15) is 31.7 Å². The highest BCUT2D eigenvalue weighted by Crippen LogP contribution is 2.17. The molecule has 2 rings (SSSR count). The molecule has 1 aliphatic heterocycles. The summed E-state index contributed by atoms with van der Waals surface area (Å²) in [5.74, 6) is -2.72. The molecule has 8 heteroatoms. The van der Waals surface area contributed by atoms with Crippen molar-refractivity contribution in [2.45, 2.75) is 32.7 Å². The van der Waals surface area contributed by atoms with E-state index in [0.29, 0.717) is 13.2 Å². The predicted molar refractivity (Wildman–Crippen MR) is 95.0 cm³/mol. The second-order valence-electron chi connectivity index (χ2n) is 5.93. The molecule has 0 saturated carbocycles. The minimum Gasteiger partial charge on any atom is -0.494 e. The fraction of sp³-hybridized carbons (Fsp3) is 0.500. The topological polar surface area (TPSA) is 116 Å². The van der Waals surface area contributed by atoms with E-state index in [-0.39, 0.29) is 5.91 Å². The Bertz CT molecular complexity index is 587. The number of ether oxygens (including phenoxy) is 1. The summed E-state index contributed by atoms with van der Waals surface area (Å²) < 4.78 is 5.72. The molecular formula is C18H26N2O6. The van der Waals surface area contributed by atoms with Crippen molar-refractivity contribution in [1.29, 1.82) is 0 Å². The number of carboxylic acid groups (broad SMARTS) is 2. The van der Waals surface area contributed by atoms with Crippen LogP contribution in [-0.2, 0) is 20.9 Å². The Balaban J connectivity index is 0.000000487. The number of amides is 1. The van der Waals surface area contributed by atoms with Gasteiger partial charge in [-0.15, -0.1) is 0 Å². The first-order valence-electron chi connectivity index (χ1n) is 8.53. The molecule has 0 aromatic heterocycles. The quantitative estimate of drug-likeness (QED) is 0.492. The van der Waals surface area contributed by atoms with Gasteiger partial charge in [-0.3, -0.25) is 9.69 Å². The Morgan fingerprint density at radius 1 is 1.15 bits per heavy atom. The Labute approximate surface area is 152 Å². The van der Waals surface area contributed by atoms with E-state index >= 15 is 0 Å². The number of hydrogen-bond donors (Lipinski definition) is 3. The van der Waals surface area contributed by atoms with Crippen molar-refractivity contribution >= 4 is 17.8 Å². The van der Waals surface area contributed by atoms with Crippen LogP contribution in [0.5, 0.6) is 5.75 Å². The first-order valence-corrected chi connectivity index (χ1v) is 8.53. The first-order chi connectivity index (χ1) is 12.4. The largest absolute Gasteiger partial charge is 0.494 e. The van der Waals surface area contributed by atoms with Gasteiger partial charge in [0.25, 0.3) is 0 Å². The lowest BCUT2D eigenvalue weighted by Crippen LogP contribution is -2.22. The van der Waals surface area contributed by atoms with Gasteiger partial charge in [0.15, 0.2) is 0 Å². The zero-order chi connectivity index (χ0) is 19.4. The van der Waals surface area contributed by atoms with Gasteiger partial charge in [0.2, 0.25) is 5.91 Å². The Morgan fingerprint density at radius 2 is 1.81 bits per heavy atom. The van der Waals surface area contributed by atoms with Gasteiger partial charge in [0.05, 0.1) is 6.61 Å². The maximum absolute atomic E-state index is 10.7. The van der Waals surface area contributed by atoms with Gasteiger partial charge in [-0.2, -0.15) is 0 Å². The highest BCUT2D eigenvalue weighted by molar-refractivity contribution is 6.27. The lowest BCUT2D eigenvalue weighted by atomic mass is 10.2. The molecule has 144 valence electrons. The SMILES string of the molecule is CC(=O)NCCCOc1cccc(CN2CCCC2)c1.O=C(O)C(=O)O. The van der Waals surface area contributed by atoms with Crippen molar-refractivity contribution in [2.24, 2.45) is 0 Å². The molecule has 1 saturated heterocycles. The molecule has 0 aliphatic carbocycles. The van der Waals surface area contributed by atoms with Crippen LogP contribution in [0.25, 0.3) is 0 Å². The second kappa shape index (κ2) is 11.9. The number of likely N-dealkylation sites (tertiary alicyclic amines) is 1. The van der Waals surface area contributed by atoms with Gasteiger partial charge in [-0.25, -0.2) is 9.59 Å². The molecular weight excluding hydrogens is 340 g/mol. The summed E-state index contributed by atoms with van der Waals surface area (Å²) in [6.45, 7) is 6.27. The smallest absolute Gasteiger partial charge is 0.414 e. The molecule has 1 aromatic rings. The molecule has 0 bridgehead atoms. The summed E-state index contributed by atoms with van der Waals surface area (Å²) in [7, 11) is 0. The highest BCUT2D eigenvalue weighted by Gasteiger charge is 2.11. The summed E-state index contributed by atoms with van der Waals surface area (Å²) in [6, 6.07) is 8.32. The molecule has 1 aromatic carbocycles. The molecule has 8 nitrogen and oxygen atoms in total. The average Bonchev–Trinajstić information content (AvgIpc) is 3.08. The zero-order valence-electron chi connectivity index (χ0n) is 14.9. The maximum atomic E-state index is 10.7. The standard InChI is InChI=1S/C16H24N2O2.C2H2O4/c1-14(19)17-8-5-11-20-16-7-4-6-15(12-16)13-18-9-2-3-10-18;3-1(4)2(5)6/h4,6-7,12H,2-3,5,8-11,13H2,1H3,(H,17,19);(H,3,4)(H,5,6). The van der Waals surface area contributed by atoms with Gasteiger partial charge < -0.3 is 20.3 Å². The normalized spacial score (nSPS) is 13.4. The van der Waals surface area contributed by atoms with E-state index < -0.39 is 11.9 Å². The van der Waals surface area contributed by atoms with Crippen LogP contribution in [0.15, 0.2) is 24.3 Å². The van der Waals surface area contributed by atoms with E-state index in [0.717, 1.165) is 18.7 Å². The lowest BCUT2D eigenvalue weighted by Gasteiger charge is -2.15. The second-order valence-corrected chi connectivity index (χ2v) is 5.93. The minimum absolute atomic E-state index is 0.0117. The molecule has 3 N–H and O–H groups in total. The molecule has 26 heavy (non-hydrogen) atoms. The number of nitrogens with zero attached hydrogens (tertiary/aromatic N) is 1. The van der Waals surface area contributed by atoms with Crippen LogP contribution in [0, 0.1) is 0 Å². The lowest BCUT2D eigenvalue weighted by molar-refractivity contribution is -0.159. The summed E-state index contributed by atoms with van der Waals surface area (Å²) in [5.41, 5.74) is 1.31. The summed E-state index contributed by atoms with van der Waals surface area (Å²) in [6.07, 6.45) is 3.47. The number of rotatable bonds is 7. The van der Waals surface area contributed by atoms with Crippen LogP contribution in [-0.4, -0.2) is 59.2 Å². The number of carbonyl (C=O) groups is 3. The van der Waals surface area contributed by atoms with E-state index in [9.17, 15) is 4.79 Å². The fourth-order valence-electron chi connectivity index (χ4n) is 2.46. The molecule has 1 aliphatic rings. The molecule has 0 unspecified atom stereocenters. The fourth-order valence-corrected chi connectivity index (χ4v) is 2.46. The van der Waals surface area contributed by atoms with Crippen LogP contribution >= 0.6 is 0 Å². The minimum atomic E-state index is -1.82. The number of carbonyl (C=O) groups excluding carboxylic acids is 1. The van der Waals surface area contributed by atoms with E-state index in [2.05, 4.69) is 28.4 Å². The van der Waals surface area contributed by atoms with Gasteiger partial charge in [-0.1, -0.05) is 12.1 Å². The van der Waals surface area contributed by atoms with Gasteiger partial charge in [0, 0.05) is 20.0 Å². The van der Waals surface area contributed by atoms with Crippen LogP contribution < -0.4 is 10.1 Å². The number of aliphatic carboxylic acids is 2. The molecule has 1 fully saturated rings. The van der Waals surface area contributed by atoms with E-state index in [1.165, 1.54) is 38.4 Å². The van der Waals surface area contributed by atoms with Crippen molar-refractivity contribution in [2.75, 3.05) is 26.2 Å². The number of hydrogen-bond acceptors (Lipinski definition) is 5. The van der Waals surface area contributed by atoms with Crippen LogP contribution in [0.3, 0.4) is 0 Å². The van der Waals surface area contributed by atoms with Crippen molar-refractivity contribution in [1.82, 2.24) is 10.2 Å². The number of nitrogens with one attached hydrogen (secondary N) is 1. The molecule has 0 atom stereocenters. The van der Waals surface area contributed by atoms with Crippen molar-refractivity contribution in [3.8, 4) is 5.75 Å².